The second-order valence-electron chi connectivity index (χ2n) is 6.44. The Morgan fingerprint density at radius 1 is 0.750 bits per heavy atom. The van der Waals surface area contributed by atoms with Crippen molar-refractivity contribution in [1.29, 1.82) is 0 Å². The molecule has 0 radical (unpaired) electrons. The predicted octanol–water partition coefficient (Wildman–Crippen LogP) is 6.22. The maximum atomic E-state index is 6.06. The highest BCUT2D eigenvalue weighted by Gasteiger charge is 2.20. The molecule has 28 heavy (non-hydrogen) atoms. The summed E-state index contributed by atoms with van der Waals surface area (Å²) in [4.78, 5) is 0. The second-order valence-corrected chi connectivity index (χ2v) is 6.44. The average Bonchev–Trinajstić information content (AvgIpc) is 3.14. The van der Waals surface area contributed by atoms with E-state index in [2.05, 4.69) is 71.3 Å². The molecular weight excluding hydrogens is 346 g/mol. The maximum Gasteiger partial charge on any atom is 0.146 e. The van der Waals surface area contributed by atoms with Gasteiger partial charge in [-0.05, 0) is 48.9 Å². The number of aromatic nitrogens is 1. The Morgan fingerprint density at radius 3 is 2.00 bits per heavy atom. The Hall–Kier alpha value is -3.46. The van der Waals surface area contributed by atoms with Crippen molar-refractivity contribution in [3.63, 3.8) is 0 Å². The summed E-state index contributed by atoms with van der Waals surface area (Å²) in [5, 5.41) is 0. The van der Waals surface area contributed by atoms with Crippen molar-refractivity contribution in [2.24, 2.45) is 0 Å². The third-order valence-electron chi connectivity index (χ3n) is 4.71. The molecule has 1 aromatic heterocycles. The van der Waals surface area contributed by atoms with Crippen LogP contribution in [0.5, 0.6) is 11.5 Å². The first-order chi connectivity index (χ1) is 13.8. The minimum Gasteiger partial charge on any atom is -0.497 e. The van der Waals surface area contributed by atoms with E-state index in [1.54, 1.807) is 7.11 Å². The van der Waals surface area contributed by atoms with E-state index in [1.165, 1.54) is 0 Å². The van der Waals surface area contributed by atoms with Crippen molar-refractivity contribution in [3.05, 3.63) is 91.0 Å². The molecule has 0 saturated heterocycles. The molecule has 4 rings (SSSR count). The van der Waals surface area contributed by atoms with Crippen LogP contribution in [-0.2, 0) is 0 Å². The van der Waals surface area contributed by atoms with Gasteiger partial charge in [0.25, 0.3) is 0 Å². The Bertz CT molecular complexity index is 1040. The summed E-state index contributed by atoms with van der Waals surface area (Å²) in [6.45, 7) is 2.62. The van der Waals surface area contributed by atoms with Gasteiger partial charge in [-0.3, -0.25) is 0 Å². The number of benzene rings is 3. The molecule has 0 fully saturated rings. The highest BCUT2D eigenvalue weighted by atomic mass is 16.5. The molecule has 3 aromatic carbocycles. The lowest BCUT2D eigenvalue weighted by atomic mass is 10.1. The van der Waals surface area contributed by atoms with Gasteiger partial charge >= 0.3 is 0 Å². The molecule has 0 N–H and O–H groups in total. The van der Waals surface area contributed by atoms with Crippen LogP contribution >= 0.6 is 0 Å². The van der Waals surface area contributed by atoms with E-state index >= 15 is 0 Å². The zero-order chi connectivity index (χ0) is 19.3. The quantitative estimate of drug-likeness (QED) is 0.403. The molecule has 0 atom stereocenters. The van der Waals surface area contributed by atoms with Crippen LogP contribution in [0.15, 0.2) is 91.0 Å². The Balaban J connectivity index is 2.00. The fourth-order valence-electron chi connectivity index (χ4n) is 3.44. The predicted molar refractivity (Wildman–Crippen MR) is 114 cm³/mol. The maximum absolute atomic E-state index is 6.06. The van der Waals surface area contributed by atoms with Gasteiger partial charge in [-0.25, -0.2) is 0 Å². The van der Waals surface area contributed by atoms with Crippen molar-refractivity contribution in [2.45, 2.75) is 6.92 Å². The lowest BCUT2D eigenvalue weighted by Gasteiger charge is -2.15. The summed E-state index contributed by atoms with van der Waals surface area (Å²) in [6.07, 6.45) is 0. The molecule has 0 bridgehead atoms. The van der Waals surface area contributed by atoms with Gasteiger partial charge in [-0.15, -0.1) is 0 Å². The standard InChI is InChI=1S/C25H23NO2/c1-3-28-24-18-23(19-10-6-4-7-11-19)26(21-12-8-5-9-13-21)25(24)20-14-16-22(27-2)17-15-20/h4-18H,3H2,1-2H3. The number of methoxy groups -OCH3 is 1. The van der Waals surface area contributed by atoms with E-state index in [0.29, 0.717) is 6.61 Å². The average molecular weight is 369 g/mol. The van der Waals surface area contributed by atoms with Crippen LogP contribution in [-0.4, -0.2) is 18.3 Å². The van der Waals surface area contributed by atoms with E-state index in [1.807, 2.05) is 31.2 Å². The van der Waals surface area contributed by atoms with Gasteiger partial charge in [0.1, 0.15) is 11.5 Å². The van der Waals surface area contributed by atoms with Gasteiger partial charge in [0.05, 0.1) is 25.1 Å². The normalized spacial score (nSPS) is 10.6. The molecule has 0 spiro atoms. The molecule has 0 aliphatic rings. The van der Waals surface area contributed by atoms with Crippen LogP contribution < -0.4 is 9.47 Å². The molecule has 0 saturated carbocycles. The number of nitrogens with zero attached hydrogens (tertiary/aromatic N) is 1. The molecule has 0 aliphatic carbocycles. The van der Waals surface area contributed by atoms with Crippen LogP contribution in [0.3, 0.4) is 0 Å². The van der Waals surface area contributed by atoms with Gasteiger partial charge in [0, 0.05) is 17.3 Å². The minimum absolute atomic E-state index is 0.607. The summed E-state index contributed by atoms with van der Waals surface area (Å²) in [7, 11) is 1.68. The van der Waals surface area contributed by atoms with E-state index in [0.717, 1.165) is 39.7 Å². The van der Waals surface area contributed by atoms with Crippen LogP contribution in [0.2, 0.25) is 0 Å². The largest absolute Gasteiger partial charge is 0.497 e. The zero-order valence-corrected chi connectivity index (χ0v) is 16.1. The number of hydrogen-bond donors (Lipinski definition) is 0. The van der Waals surface area contributed by atoms with Crippen LogP contribution in [0, 0.1) is 0 Å². The van der Waals surface area contributed by atoms with Gasteiger partial charge in [0.2, 0.25) is 0 Å². The lowest BCUT2D eigenvalue weighted by molar-refractivity contribution is 0.342. The first-order valence-electron chi connectivity index (χ1n) is 9.45. The van der Waals surface area contributed by atoms with Crippen molar-refractivity contribution < 1.29 is 9.47 Å². The minimum atomic E-state index is 0.607. The molecule has 140 valence electrons. The third kappa shape index (κ3) is 3.39. The van der Waals surface area contributed by atoms with Crippen LogP contribution in [0.1, 0.15) is 6.92 Å². The molecule has 4 aromatic rings. The topological polar surface area (TPSA) is 23.4 Å². The van der Waals surface area contributed by atoms with Gasteiger partial charge in [0.15, 0.2) is 0 Å². The number of para-hydroxylation sites is 1. The van der Waals surface area contributed by atoms with Crippen molar-refractivity contribution >= 4 is 0 Å². The summed E-state index contributed by atoms with van der Waals surface area (Å²) in [5.41, 5.74) is 5.45. The van der Waals surface area contributed by atoms with Gasteiger partial charge < -0.3 is 14.0 Å². The second kappa shape index (κ2) is 8.05. The van der Waals surface area contributed by atoms with E-state index < -0.39 is 0 Å². The molecule has 0 amide bonds. The molecule has 1 heterocycles. The monoisotopic (exact) mass is 369 g/mol. The number of hydrogen-bond acceptors (Lipinski definition) is 2. The van der Waals surface area contributed by atoms with Crippen LogP contribution in [0.25, 0.3) is 28.2 Å². The number of ether oxygens (including phenoxy) is 2. The van der Waals surface area contributed by atoms with E-state index in [9.17, 15) is 0 Å². The smallest absolute Gasteiger partial charge is 0.146 e. The first-order valence-corrected chi connectivity index (χ1v) is 9.45. The van der Waals surface area contributed by atoms with Crippen LogP contribution in [0.4, 0.5) is 0 Å². The molecule has 3 heteroatoms. The number of rotatable bonds is 6. The highest BCUT2D eigenvalue weighted by molar-refractivity contribution is 5.79. The third-order valence-corrected chi connectivity index (χ3v) is 4.71. The zero-order valence-electron chi connectivity index (χ0n) is 16.1. The highest BCUT2D eigenvalue weighted by Crippen LogP contribution is 2.40. The van der Waals surface area contributed by atoms with Gasteiger partial charge in [-0.1, -0.05) is 48.5 Å². The Morgan fingerprint density at radius 2 is 1.39 bits per heavy atom. The van der Waals surface area contributed by atoms with Crippen molar-refractivity contribution in [2.75, 3.05) is 13.7 Å². The van der Waals surface area contributed by atoms with E-state index in [4.69, 9.17) is 9.47 Å². The molecule has 0 aliphatic heterocycles. The summed E-state index contributed by atoms with van der Waals surface area (Å²) in [5.74, 6) is 1.71. The lowest BCUT2D eigenvalue weighted by Crippen LogP contribution is -2.00. The van der Waals surface area contributed by atoms with Crippen molar-refractivity contribution in [1.82, 2.24) is 4.57 Å². The van der Waals surface area contributed by atoms with Crippen molar-refractivity contribution in [3.8, 4) is 39.7 Å². The van der Waals surface area contributed by atoms with E-state index in [-0.39, 0.29) is 0 Å². The molecule has 3 nitrogen and oxygen atoms in total. The molecular formula is C25H23NO2. The Kier molecular flexibility index (Phi) is 5.16. The first kappa shape index (κ1) is 17.9. The SMILES string of the molecule is CCOc1cc(-c2ccccc2)n(-c2ccccc2)c1-c1ccc(OC)cc1. The Labute approximate surface area is 165 Å². The fraction of sp³-hybridized carbons (Fsp3) is 0.120. The van der Waals surface area contributed by atoms with Gasteiger partial charge in [-0.2, -0.15) is 0 Å². The fourth-order valence-corrected chi connectivity index (χ4v) is 3.44. The summed E-state index contributed by atoms with van der Waals surface area (Å²) >= 11 is 0. The summed E-state index contributed by atoms with van der Waals surface area (Å²) in [6, 6.07) is 31.0. The molecule has 0 unspecified atom stereocenters. The summed E-state index contributed by atoms with van der Waals surface area (Å²) < 4.78 is 13.7.